The molecule has 0 spiro atoms. The predicted molar refractivity (Wildman–Crippen MR) is 95.3 cm³/mol. The number of nitrogens with zero attached hydrogens (tertiary/aromatic N) is 3. The largest absolute Gasteiger partial charge is 0.379 e. The first-order valence-electron chi connectivity index (χ1n) is 8.04. The molecule has 0 amide bonds. The van der Waals surface area contributed by atoms with E-state index in [2.05, 4.69) is 35.1 Å². The van der Waals surface area contributed by atoms with Crippen molar-refractivity contribution in [1.82, 2.24) is 9.97 Å². The Hall–Kier alpha value is -1.88. The lowest BCUT2D eigenvalue weighted by Gasteiger charge is -2.37. The molecule has 1 aliphatic carbocycles. The molecule has 4 rings (SSSR count). The van der Waals surface area contributed by atoms with E-state index in [0.717, 1.165) is 23.3 Å². The Morgan fingerprint density at radius 2 is 2.04 bits per heavy atom. The molecule has 0 unspecified atom stereocenters. The lowest BCUT2D eigenvalue weighted by atomic mass is 9.78. The van der Waals surface area contributed by atoms with Gasteiger partial charge in [0.25, 0.3) is 0 Å². The SMILES string of the molecule is C[C@]12N=C(N)SC[C@H]1CCCc1ccc(-c3cncnc3)cc12. The fraction of sp³-hybridized carbons (Fsp3) is 0.389. The van der Waals surface area contributed by atoms with Crippen molar-refractivity contribution in [3.63, 3.8) is 0 Å². The predicted octanol–water partition coefficient (Wildman–Crippen LogP) is 3.37. The van der Waals surface area contributed by atoms with Crippen molar-refractivity contribution in [3.05, 3.63) is 48.0 Å². The number of nitrogens with two attached hydrogens (primary N) is 1. The van der Waals surface area contributed by atoms with Crippen LogP contribution in [0.25, 0.3) is 11.1 Å². The van der Waals surface area contributed by atoms with E-state index < -0.39 is 0 Å². The summed E-state index contributed by atoms with van der Waals surface area (Å²) in [4.78, 5) is 13.2. The van der Waals surface area contributed by atoms with E-state index >= 15 is 0 Å². The third kappa shape index (κ3) is 2.53. The van der Waals surface area contributed by atoms with Crippen LogP contribution in [0, 0.1) is 5.92 Å². The number of benzene rings is 1. The maximum atomic E-state index is 6.08. The average Bonchev–Trinajstić information content (AvgIpc) is 2.71. The van der Waals surface area contributed by atoms with E-state index in [1.807, 2.05) is 12.4 Å². The normalized spacial score (nSPS) is 26.7. The van der Waals surface area contributed by atoms with Gasteiger partial charge in [-0.05, 0) is 54.9 Å². The van der Waals surface area contributed by atoms with Crippen LogP contribution in [0.3, 0.4) is 0 Å². The van der Waals surface area contributed by atoms with Gasteiger partial charge in [-0.15, -0.1) is 0 Å². The van der Waals surface area contributed by atoms with E-state index in [4.69, 9.17) is 10.7 Å². The maximum absolute atomic E-state index is 6.08. The molecule has 1 aromatic heterocycles. The number of rotatable bonds is 1. The van der Waals surface area contributed by atoms with E-state index in [1.54, 1.807) is 18.1 Å². The molecular formula is C18H20N4S. The van der Waals surface area contributed by atoms with Crippen LogP contribution in [0.15, 0.2) is 41.9 Å². The molecule has 0 radical (unpaired) electrons. The molecule has 0 bridgehead atoms. The molecule has 2 aliphatic rings. The lowest BCUT2D eigenvalue weighted by Crippen LogP contribution is -2.37. The van der Waals surface area contributed by atoms with Crippen LogP contribution < -0.4 is 5.73 Å². The molecule has 2 heterocycles. The molecule has 0 fully saturated rings. The van der Waals surface area contributed by atoms with Gasteiger partial charge >= 0.3 is 0 Å². The van der Waals surface area contributed by atoms with Gasteiger partial charge in [0.1, 0.15) is 6.33 Å². The first-order valence-corrected chi connectivity index (χ1v) is 9.02. The summed E-state index contributed by atoms with van der Waals surface area (Å²) in [5, 5.41) is 0.713. The molecule has 5 heteroatoms. The third-order valence-corrected chi connectivity index (χ3v) is 6.07. The van der Waals surface area contributed by atoms with Gasteiger partial charge in [0.2, 0.25) is 0 Å². The van der Waals surface area contributed by atoms with Gasteiger partial charge in [0.05, 0.1) is 5.54 Å². The van der Waals surface area contributed by atoms with Gasteiger partial charge in [0.15, 0.2) is 5.17 Å². The van der Waals surface area contributed by atoms with Crippen LogP contribution in [0.2, 0.25) is 0 Å². The minimum Gasteiger partial charge on any atom is -0.379 e. The summed E-state index contributed by atoms with van der Waals surface area (Å²) in [5.41, 5.74) is 10.8. The van der Waals surface area contributed by atoms with Crippen LogP contribution in [-0.2, 0) is 12.0 Å². The van der Waals surface area contributed by atoms with E-state index in [-0.39, 0.29) is 5.54 Å². The summed E-state index contributed by atoms with van der Waals surface area (Å²) < 4.78 is 0. The Kier molecular flexibility index (Phi) is 3.60. The van der Waals surface area contributed by atoms with E-state index in [1.165, 1.54) is 24.0 Å². The molecular weight excluding hydrogens is 304 g/mol. The monoisotopic (exact) mass is 324 g/mol. The molecule has 23 heavy (non-hydrogen) atoms. The number of hydrogen-bond donors (Lipinski definition) is 1. The Morgan fingerprint density at radius 1 is 1.22 bits per heavy atom. The standard InChI is InChI=1S/C18H20N4S/c1-18-15(10-23-17(19)22-18)4-2-3-12-5-6-13(7-16(12)18)14-8-20-11-21-9-14/h5-9,11,15H,2-4,10H2,1H3,(H2,19,22)/t15-,18+/m1/s1. The highest BCUT2D eigenvalue weighted by Crippen LogP contribution is 2.46. The molecule has 2 aromatic rings. The molecule has 1 aromatic carbocycles. The number of aryl methyl sites for hydroxylation is 1. The first kappa shape index (κ1) is 14.7. The Morgan fingerprint density at radius 3 is 2.87 bits per heavy atom. The number of amidine groups is 1. The van der Waals surface area contributed by atoms with Gasteiger partial charge in [-0.25, -0.2) is 9.97 Å². The quantitative estimate of drug-likeness (QED) is 0.873. The molecule has 2 atom stereocenters. The molecule has 0 saturated heterocycles. The highest BCUT2D eigenvalue weighted by molar-refractivity contribution is 8.13. The Bertz CT molecular complexity index is 759. The fourth-order valence-electron chi connectivity index (χ4n) is 3.78. The third-order valence-electron chi connectivity index (χ3n) is 5.12. The number of hydrogen-bond acceptors (Lipinski definition) is 5. The second kappa shape index (κ2) is 5.64. The van der Waals surface area contributed by atoms with Gasteiger partial charge < -0.3 is 5.73 Å². The second-order valence-corrected chi connectivity index (χ2v) is 7.54. The van der Waals surface area contributed by atoms with Crippen molar-refractivity contribution in [2.24, 2.45) is 16.6 Å². The van der Waals surface area contributed by atoms with Gasteiger partial charge in [-0.2, -0.15) is 0 Å². The fourth-order valence-corrected chi connectivity index (χ4v) is 4.89. The van der Waals surface area contributed by atoms with Crippen molar-refractivity contribution >= 4 is 16.9 Å². The topological polar surface area (TPSA) is 64.2 Å². The average molecular weight is 324 g/mol. The molecule has 118 valence electrons. The first-order chi connectivity index (χ1) is 11.2. The summed E-state index contributed by atoms with van der Waals surface area (Å²) in [6.07, 6.45) is 8.83. The summed E-state index contributed by atoms with van der Waals surface area (Å²) in [6, 6.07) is 6.70. The van der Waals surface area contributed by atoms with Crippen LogP contribution >= 0.6 is 11.8 Å². The molecule has 1 aliphatic heterocycles. The lowest BCUT2D eigenvalue weighted by molar-refractivity contribution is 0.317. The second-order valence-electron chi connectivity index (χ2n) is 6.50. The van der Waals surface area contributed by atoms with E-state index in [0.29, 0.717) is 11.1 Å². The Labute approximate surface area is 140 Å². The maximum Gasteiger partial charge on any atom is 0.154 e. The van der Waals surface area contributed by atoms with Crippen LogP contribution in [0.4, 0.5) is 0 Å². The highest BCUT2D eigenvalue weighted by atomic mass is 32.2. The minimum absolute atomic E-state index is 0.215. The molecule has 4 nitrogen and oxygen atoms in total. The van der Waals surface area contributed by atoms with Crippen molar-refractivity contribution in [1.29, 1.82) is 0 Å². The minimum atomic E-state index is -0.215. The van der Waals surface area contributed by atoms with Crippen molar-refractivity contribution in [2.45, 2.75) is 31.7 Å². The van der Waals surface area contributed by atoms with Gasteiger partial charge in [0, 0.05) is 23.7 Å². The zero-order chi connectivity index (χ0) is 15.9. The van der Waals surface area contributed by atoms with Crippen molar-refractivity contribution < 1.29 is 0 Å². The highest BCUT2D eigenvalue weighted by Gasteiger charge is 2.41. The van der Waals surface area contributed by atoms with Crippen molar-refractivity contribution in [3.8, 4) is 11.1 Å². The summed E-state index contributed by atoms with van der Waals surface area (Å²) in [6.45, 7) is 2.25. The smallest absolute Gasteiger partial charge is 0.154 e. The summed E-state index contributed by atoms with van der Waals surface area (Å²) in [7, 11) is 0. The summed E-state index contributed by atoms with van der Waals surface area (Å²) in [5.74, 6) is 1.60. The number of aromatic nitrogens is 2. The molecule has 2 N–H and O–H groups in total. The van der Waals surface area contributed by atoms with Crippen LogP contribution in [0.5, 0.6) is 0 Å². The van der Waals surface area contributed by atoms with Crippen LogP contribution in [0.1, 0.15) is 30.9 Å². The van der Waals surface area contributed by atoms with Gasteiger partial charge in [-0.1, -0.05) is 23.9 Å². The summed E-state index contributed by atoms with van der Waals surface area (Å²) >= 11 is 1.69. The molecule has 0 saturated carbocycles. The van der Waals surface area contributed by atoms with Gasteiger partial charge in [-0.3, -0.25) is 4.99 Å². The van der Waals surface area contributed by atoms with Crippen LogP contribution in [-0.4, -0.2) is 20.9 Å². The van der Waals surface area contributed by atoms with E-state index in [9.17, 15) is 0 Å². The number of thioether (sulfide) groups is 1. The van der Waals surface area contributed by atoms with Crippen molar-refractivity contribution in [2.75, 3.05) is 5.75 Å². The number of aliphatic imine (C=N–C) groups is 1. The zero-order valence-electron chi connectivity index (χ0n) is 13.2. The zero-order valence-corrected chi connectivity index (χ0v) is 14.0. The Balaban J connectivity index is 1.88. The number of fused-ring (bicyclic) bond motifs is 3.